The van der Waals surface area contributed by atoms with Gasteiger partial charge in [-0.15, -0.1) is 0 Å². The smallest absolute Gasteiger partial charge is 0.123 e. The molecular formula is C15H15ClFNO. The van der Waals surface area contributed by atoms with Crippen molar-refractivity contribution < 1.29 is 9.50 Å². The van der Waals surface area contributed by atoms with Crippen LogP contribution in [0.1, 0.15) is 24.1 Å². The molecule has 0 spiro atoms. The highest BCUT2D eigenvalue weighted by molar-refractivity contribution is 6.30. The van der Waals surface area contributed by atoms with E-state index in [0.29, 0.717) is 11.6 Å². The maximum Gasteiger partial charge on any atom is 0.123 e. The van der Waals surface area contributed by atoms with Gasteiger partial charge in [0, 0.05) is 23.2 Å². The second-order valence-corrected chi connectivity index (χ2v) is 4.87. The molecule has 0 aliphatic rings. The molecule has 1 unspecified atom stereocenters. The van der Waals surface area contributed by atoms with Crippen LogP contribution in [0.2, 0.25) is 5.02 Å². The highest BCUT2D eigenvalue weighted by Gasteiger charge is 2.08. The molecule has 0 saturated carbocycles. The highest BCUT2D eigenvalue weighted by Crippen LogP contribution is 2.22. The van der Waals surface area contributed by atoms with Crippen molar-refractivity contribution in [2.75, 3.05) is 0 Å². The third-order valence-corrected chi connectivity index (χ3v) is 3.22. The van der Waals surface area contributed by atoms with E-state index in [1.165, 1.54) is 12.1 Å². The lowest BCUT2D eigenvalue weighted by atomic mass is 10.1. The molecule has 4 heteroatoms. The minimum atomic E-state index is -0.253. The van der Waals surface area contributed by atoms with E-state index in [4.69, 9.17) is 11.6 Å². The molecule has 0 saturated heterocycles. The highest BCUT2D eigenvalue weighted by atomic mass is 35.5. The van der Waals surface area contributed by atoms with E-state index in [1.807, 2.05) is 13.0 Å². The zero-order valence-electron chi connectivity index (χ0n) is 10.5. The molecule has 0 aliphatic heterocycles. The number of phenolic OH excluding ortho intramolecular Hbond substituents is 1. The van der Waals surface area contributed by atoms with Gasteiger partial charge in [-0.2, -0.15) is 0 Å². The Balaban J connectivity index is 2.04. The summed E-state index contributed by atoms with van der Waals surface area (Å²) < 4.78 is 13.1. The lowest BCUT2D eigenvalue weighted by molar-refractivity contribution is 0.460. The van der Waals surface area contributed by atoms with Gasteiger partial charge in [0.25, 0.3) is 0 Å². The maximum absolute atomic E-state index is 13.1. The number of rotatable bonds is 4. The van der Waals surface area contributed by atoms with Crippen molar-refractivity contribution in [3.8, 4) is 5.75 Å². The van der Waals surface area contributed by atoms with Gasteiger partial charge in [-0.3, -0.25) is 0 Å². The summed E-state index contributed by atoms with van der Waals surface area (Å²) in [6, 6.07) is 11.3. The Morgan fingerprint density at radius 2 is 2.05 bits per heavy atom. The van der Waals surface area contributed by atoms with E-state index in [1.54, 1.807) is 24.3 Å². The summed E-state index contributed by atoms with van der Waals surface area (Å²) in [6.45, 7) is 2.40. The van der Waals surface area contributed by atoms with Gasteiger partial charge >= 0.3 is 0 Å². The van der Waals surface area contributed by atoms with Gasteiger partial charge in [0.15, 0.2) is 0 Å². The first kappa shape index (κ1) is 13.8. The van der Waals surface area contributed by atoms with Crippen molar-refractivity contribution in [2.24, 2.45) is 0 Å². The van der Waals surface area contributed by atoms with Crippen LogP contribution in [0.4, 0.5) is 4.39 Å². The molecule has 19 heavy (non-hydrogen) atoms. The quantitative estimate of drug-likeness (QED) is 0.885. The van der Waals surface area contributed by atoms with Crippen molar-refractivity contribution >= 4 is 11.6 Å². The molecule has 2 N–H and O–H groups in total. The molecular weight excluding hydrogens is 265 g/mol. The summed E-state index contributed by atoms with van der Waals surface area (Å²) in [5, 5.41) is 13.5. The largest absolute Gasteiger partial charge is 0.508 e. The lowest BCUT2D eigenvalue weighted by Gasteiger charge is -2.15. The molecule has 2 aromatic rings. The van der Waals surface area contributed by atoms with Gasteiger partial charge in [0.1, 0.15) is 11.6 Å². The molecule has 0 amide bonds. The third-order valence-electron chi connectivity index (χ3n) is 2.99. The molecule has 0 heterocycles. The first-order valence-corrected chi connectivity index (χ1v) is 6.40. The fourth-order valence-corrected chi connectivity index (χ4v) is 2.05. The third kappa shape index (κ3) is 3.69. The van der Waals surface area contributed by atoms with Gasteiger partial charge in [-0.1, -0.05) is 23.7 Å². The molecule has 0 aliphatic carbocycles. The monoisotopic (exact) mass is 279 g/mol. The Morgan fingerprint density at radius 3 is 2.79 bits per heavy atom. The second-order valence-electron chi connectivity index (χ2n) is 4.43. The van der Waals surface area contributed by atoms with Crippen molar-refractivity contribution in [1.29, 1.82) is 0 Å². The zero-order valence-corrected chi connectivity index (χ0v) is 11.3. The van der Waals surface area contributed by atoms with E-state index >= 15 is 0 Å². The molecule has 2 aromatic carbocycles. The van der Waals surface area contributed by atoms with Gasteiger partial charge in [0.05, 0.1) is 0 Å². The van der Waals surface area contributed by atoms with Crippen LogP contribution in [0.3, 0.4) is 0 Å². The Labute approximate surface area is 116 Å². The fourth-order valence-electron chi connectivity index (χ4n) is 1.85. The standard InChI is InChI=1S/C15H15ClFNO/c1-10(11-3-2-4-14(17)8-11)18-9-12-7-13(16)5-6-15(12)19/h2-8,10,18-19H,9H2,1H3. The van der Waals surface area contributed by atoms with Crippen LogP contribution in [-0.4, -0.2) is 5.11 Å². The summed E-state index contributed by atoms with van der Waals surface area (Å²) in [5.74, 6) is -0.0555. The van der Waals surface area contributed by atoms with Gasteiger partial charge in [-0.05, 0) is 42.8 Å². The van der Waals surface area contributed by atoms with Crippen LogP contribution in [0, 0.1) is 5.82 Å². The molecule has 100 valence electrons. The number of nitrogens with one attached hydrogen (secondary N) is 1. The summed E-state index contributed by atoms with van der Waals surface area (Å²) in [6.07, 6.45) is 0. The van der Waals surface area contributed by atoms with Crippen molar-refractivity contribution in [2.45, 2.75) is 19.5 Å². The van der Waals surface area contributed by atoms with E-state index < -0.39 is 0 Å². The Kier molecular flexibility index (Phi) is 4.40. The van der Waals surface area contributed by atoms with Crippen LogP contribution >= 0.6 is 11.6 Å². The van der Waals surface area contributed by atoms with Gasteiger partial charge in [0.2, 0.25) is 0 Å². The fraction of sp³-hybridized carbons (Fsp3) is 0.200. The van der Waals surface area contributed by atoms with E-state index in [0.717, 1.165) is 11.1 Å². The summed E-state index contributed by atoms with van der Waals surface area (Å²) in [4.78, 5) is 0. The predicted molar refractivity (Wildman–Crippen MR) is 74.8 cm³/mol. The van der Waals surface area contributed by atoms with E-state index in [9.17, 15) is 9.50 Å². The summed E-state index contributed by atoms with van der Waals surface area (Å²) in [7, 11) is 0. The van der Waals surface area contributed by atoms with Crippen molar-refractivity contribution in [3.63, 3.8) is 0 Å². The van der Waals surface area contributed by atoms with E-state index in [2.05, 4.69) is 5.32 Å². The average molecular weight is 280 g/mol. The number of hydrogen-bond donors (Lipinski definition) is 2. The topological polar surface area (TPSA) is 32.3 Å². The van der Waals surface area contributed by atoms with Crippen LogP contribution in [0.15, 0.2) is 42.5 Å². The molecule has 0 bridgehead atoms. The summed E-state index contributed by atoms with van der Waals surface area (Å²) in [5.41, 5.74) is 1.58. The van der Waals surface area contributed by atoms with Crippen LogP contribution in [0.5, 0.6) is 5.75 Å². The molecule has 0 aromatic heterocycles. The lowest BCUT2D eigenvalue weighted by Crippen LogP contribution is -2.18. The minimum absolute atomic E-state index is 0.0194. The van der Waals surface area contributed by atoms with Crippen molar-refractivity contribution in [3.05, 3.63) is 64.4 Å². The average Bonchev–Trinajstić information content (AvgIpc) is 2.39. The maximum atomic E-state index is 13.1. The van der Waals surface area contributed by atoms with Crippen LogP contribution in [-0.2, 0) is 6.54 Å². The number of halogens is 2. The number of phenols is 1. The first-order chi connectivity index (χ1) is 9.06. The number of hydrogen-bond acceptors (Lipinski definition) is 2. The first-order valence-electron chi connectivity index (χ1n) is 6.02. The SMILES string of the molecule is CC(NCc1cc(Cl)ccc1O)c1cccc(F)c1. The normalized spacial score (nSPS) is 12.4. The molecule has 2 nitrogen and oxygen atoms in total. The minimum Gasteiger partial charge on any atom is -0.508 e. The van der Waals surface area contributed by atoms with E-state index in [-0.39, 0.29) is 17.6 Å². The molecule has 2 rings (SSSR count). The predicted octanol–water partition coefficient (Wildman–Crippen LogP) is 4.04. The molecule has 1 atom stereocenters. The molecule has 0 radical (unpaired) electrons. The Bertz CT molecular complexity index is 574. The Morgan fingerprint density at radius 1 is 1.26 bits per heavy atom. The number of aromatic hydroxyl groups is 1. The second kappa shape index (κ2) is 6.04. The van der Waals surface area contributed by atoms with Gasteiger partial charge < -0.3 is 10.4 Å². The van der Waals surface area contributed by atoms with Crippen LogP contribution < -0.4 is 5.32 Å². The van der Waals surface area contributed by atoms with Crippen LogP contribution in [0.25, 0.3) is 0 Å². The molecule has 0 fully saturated rings. The number of benzene rings is 2. The summed E-state index contributed by atoms with van der Waals surface area (Å²) >= 11 is 5.88. The Hall–Kier alpha value is -1.58. The van der Waals surface area contributed by atoms with Gasteiger partial charge in [-0.25, -0.2) is 4.39 Å². The van der Waals surface area contributed by atoms with Crippen molar-refractivity contribution in [1.82, 2.24) is 5.32 Å². The zero-order chi connectivity index (χ0) is 13.8.